The molecule has 0 saturated heterocycles. The molecule has 2 bridgehead atoms. The maximum atomic E-state index is 6.13. The molecule has 1 aromatic heterocycles. The van der Waals surface area contributed by atoms with Gasteiger partial charge in [-0.25, -0.2) is 4.98 Å². The van der Waals surface area contributed by atoms with Crippen LogP contribution in [0.25, 0.3) is 5.57 Å². The third-order valence-electron chi connectivity index (χ3n) is 11.7. The Labute approximate surface area is 254 Å². The summed E-state index contributed by atoms with van der Waals surface area (Å²) in [6, 6.07) is 12.1. The normalized spacial score (nSPS) is 26.9. The van der Waals surface area contributed by atoms with Crippen molar-refractivity contribution in [1.29, 1.82) is 0 Å². The monoisotopic (exact) mass is 564 g/mol. The molecule has 0 radical (unpaired) electrons. The maximum absolute atomic E-state index is 6.13. The maximum Gasteiger partial charge on any atom is 0.133 e. The number of nitrogens with two attached hydrogens (primary N) is 1. The number of benzene rings is 1. The van der Waals surface area contributed by atoms with Crippen LogP contribution in [0.15, 0.2) is 60.0 Å². The highest BCUT2D eigenvalue weighted by Crippen LogP contribution is 2.58. The Bertz CT molecular complexity index is 1300. The average molecular weight is 565 g/mol. The summed E-state index contributed by atoms with van der Waals surface area (Å²) in [6.45, 7) is 10.4. The van der Waals surface area contributed by atoms with Gasteiger partial charge >= 0.3 is 0 Å². The van der Waals surface area contributed by atoms with Crippen molar-refractivity contribution in [3.8, 4) is 0 Å². The summed E-state index contributed by atoms with van der Waals surface area (Å²) in [5.74, 6) is 1.58. The first-order valence-electron chi connectivity index (χ1n) is 16.9. The summed E-state index contributed by atoms with van der Waals surface area (Å²) in [6.07, 6.45) is 24.7. The molecule has 0 atom stereocenters. The number of aliphatic imine (C=N–C) groups is 1. The first-order chi connectivity index (χ1) is 20.4. The molecule has 0 aliphatic heterocycles. The average Bonchev–Trinajstić information content (AvgIpc) is 3.02. The van der Waals surface area contributed by atoms with Crippen LogP contribution in [0, 0.1) is 18.3 Å². The highest BCUT2D eigenvalue weighted by atomic mass is 15.2. The molecule has 0 amide bonds. The minimum absolute atomic E-state index is 0.327. The second kappa shape index (κ2) is 12.4. The van der Waals surface area contributed by atoms with E-state index < -0.39 is 0 Å². The van der Waals surface area contributed by atoms with Crippen molar-refractivity contribution in [2.24, 2.45) is 22.1 Å². The molecule has 1 heterocycles. The van der Waals surface area contributed by atoms with Crippen molar-refractivity contribution in [3.63, 3.8) is 0 Å². The van der Waals surface area contributed by atoms with Crippen LogP contribution < -0.4 is 10.6 Å². The van der Waals surface area contributed by atoms with Crippen LogP contribution in [0.3, 0.4) is 0 Å². The zero-order chi connectivity index (χ0) is 29.2. The van der Waals surface area contributed by atoms with E-state index >= 15 is 0 Å². The molecule has 2 N–H and O–H groups in total. The van der Waals surface area contributed by atoms with E-state index in [1.165, 1.54) is 107 Å². The van der Waals surface area contributed by atoms with Gasteiger partial charge in [0.1, 0.15) is 5.82 Å². The van der Waals surface area contributed by atoms with Gasteiger partial charge in [0, 0.05) is 42.5 Å². The largest absolute Gasteiger partial charge is 0.404 e. The Balaban J connectivity index is 1.25. The van der Waals surface area contributed by atoms with Gasteiger partial charge in [0.15, 0.2) is 0 Å². The lowest BCUT2D eigenvalue weighted by molar-refractivity contribution is 0.0459. The minimum atomic E-state index is 0.327. The Hall–Kier alpha value is -2.88. The third kappa shape index (κ3) is 5.83. The first-order valence-corrected chi connectivity index (χ1v) is 16.9. The van der Waals surface area contributed by atoms with Crippen molar-refractivity contribution in [2.45, 2.75) is 122 Å². The second-order valence-corrected chi connectivity index (χ2v) is 14.1. The van der Waals surface area contributed by atoms with E-state index in [1.54, 1.807) is 11.8 Å². The van der Waals surface area contributed by atoms with Crippen LogP contribution in [0.5, 0.6) is 0 Å². The molecular formula is C38H52N4. The quantitative estimate of drug-likeness (QED) is 0.293. The smallest absolute Gasteiger partial charge is 0.133 e. The van der Waals surface area contributed by atoms with Gasteiger partial charge in [0.25, 0.3) is 0 Å². The molecule has 5 aliphatic rings. The number of aryl methyl sites for hydroxylation is 2. The minimum Gasteiger partial charge on any atom is -0.404 e. The van der Waals surface area contributed by atoms with Gasteiger partial charge < -0.3 is 10.6 Å². The topological polar surface area (TPSA) is 54.5 Å². The zero-order valence-corrected chi connectivity index (χ0v) is 26.2. The first kappa shape index (κ1) is 29.2. The predicted octanol–water partition coefficient (Wildman–Crippen LogP) is 9.07. The van der Waals surface area contributed by atoms with Crippen molar-refractivity contribution >= 4 is 17.6 Å². The summed E-state index contributed by atoms with van der Waals surface area (Å²) in [5, 5.41) is 0. The molecule has 0 spiro atoms. The van der Waals surface area contributed by atoms with Crippen LogP contribution in [0.2, 0.25) is 0 Å². The second-order valence-electron chi connectivity index (χ2n) is 14.1. The fourth-order valence-electron chi connectivity index (χ4n) is 8.36. The van der Waals surface area contributed by atoms with Gasteiger partial charge in [-0.15, -0.1) is 0 Å². The number of pyridine rings is 1. The van der Waals surface area contributed by atoms with E-state index in [2.05, 4.69) is 49.1 Å². The molecule has 42 heavy (non-hydrogen) atoms. The molecule has 1 aromatic carbocycles. The third-order valence-corrected chi connectivity index (χ3v) is 11.7. The van der Waals surface area contributed by atoms with Crippen LogP contribution in [0.4, 0.5) is 5.82 Å². The van der Waals surface area contributed by atoms with Gasteiger partial charge in [-0.3, -0.25) is 4.99 Å². The highest BCUT2D eigenvalue weighted by Gasteiger charge is 2.50. The molecule has 5 fully saturated rings. The molecule has 4 heteroatoms. The van der Waals surface area contributed by atoms with Gasteiger partial charge in [-0.2, -0.15) is 0 Å². The Kier molecular flexibility index (Phi) is 8.61. The Morgan fingerprint density at radius 3 is 2.36 bits per heavy atom. The molecular weight excluding hydrogens is 512 g/mol. The van der Waals surface area contributed by atoms with E-state index in [-0.39, 0.29) is 0 Å². The van der Waals surface area contributed by atoms with Crippen LogP contribution in [-0.2, 0) is 11.8 Å². The van der Waals surface area contributed by atoms with E-state index in [0.717, 1.165) is 29.9 Å². The van der Waals surface area contributed by atoms with E-state index in [0.29, 0.717) is 22.8 Å². The summed E-state index contributed by atoms with van der Waals surface area (Å²) in [7, 11) is 0. The van der Waals surface area contributed by atoms with Gasteiger partial charge in [0.05, 0.1) is 0 Å². The number of hydrogen-bond acceptors (Lipinski definition) is 4. The van der Waals surface area contributed by atoms with Crippen molar-refractivity contribution < 1.29 is 0 Å². The van der Waals surface area contributed by atoms with Gasteiger partial charge in [0.2, 0.25) is 0 Å². The fraction of sp³-hybridized carbons (Fsp3) is 0.579. The number of aromatic nitrogens is 1. The van der Waals surface area contributed by atoms with E-state index in [4.69, 9.17) is 22.3 Å². The van der Waals surface area contributed by atoms with Crippen molar-refractivity contribution in [3.05, 3.63) is 77.3 Å². The fourth-order valence-corrected chi connectivity index (χ4v) is 8.36. The number of fused-ring (bicyclic) bond motifs is 3. The SMILES string of the molecule is C=C(C1CCCCC1)N(CC12CCC(c3ccc(CC)c(C)c3)(CC1)CC2)c1cc(/C(C=NC2CCC2)=C/N)ccn1. The number of allylic oxidation sites excluding steroid dienone is 2. The molecule has 5 saturated carbocycles. The van der Waals surface area contributed by atoms with Gasteiger partial charge in [-0.1, -0.05) is 51.0 Å². The molecule has 224 valence electrons. The number of rotatable bonds is 10. The summed E-state index contributed by atoms with van der Waals surface area (Å²) in [4.78, 5) is 12.3. The lowest BCUT2D eigenvalue weighted by Gasteiger charge is -2.55. The molecule has 2 aromatic rings. The zero-order valence-electron chi connectivity index (χ0n) is 26.2. The van der Waals surface area contributed by atoms with Crippen molar-refractivity contribution in [2.75, 3.05) is 11.4 Å². The molecule has 4 nitrogen and oxygen atoms in total. The standard InChI is InChI=1S/C38H52N4/c1-4-30-13-14-34(23-28(30)2)38-19-16-37(17-20-38,18-21-38)27-42(29(3)31-9-6-5-7-10-31)36-24-32(15-22-40-36)33(25-39)26-41-35-11-8-12-35/h13-15,22-26,31,35H,3-12,16-21,27,39H2,1-2H3/b33-25+,41-26?. The van der Waals surface area contributed by atoms with E-state index in [9.17, 15) is 0 Å². The lowest BCUT2D eigenvalue weighted by Crippen LogP contribution is -2.49. The van der Waals surface area contributed by atoms with Crippen LogP contribution in [0.1, 0.15) is 119 Å². The molecule has 7 rings (SSSR count). The summed E-state index contributed by atoms with van der Waals surface area (Å²) < 4.78 is 0. The van der Waals surface area contributed by atoms with E-state index in [1.807, 2.05) is 12.4 Å². The lowest BCUT2D eigenvalue weighted by atomic mass is 9.51. The van der Waals surface area contributed by atoms with Gasteiger partial charge in [-0.05, 0) is 135 Å². The number of anilines is 1. The Morgan fingerprint density at radius 1 is 1.00 bits per heavy atom. The number of nitrogens with zero attached hydrogens (tertiary/aromatic N) is 3. The predicted molar refractivity (Wildman–Crippen MR) is 178 cm³/mol. The summed E-state index contributed by atoms with van der Waals surface area (Å²) in [5.41, 5.74) is 14.7. The molecule has 5 aliphatic carbocycles. The highest BCUT2D eigenvalue weighted by molar-refractivity contribution is 6.09. The van der Waals surface area contributed by atoms with Crippen LogP contribution >= 0.6 is 0 Å². The number of hydrogen-bond donors (Lipinski definition) is 1. The summed E-state index contributed by atoms with van der Waals surface area (Å²) >= 11 is 0. The Morgan fingerprint density at radius 2 is 1.74 bits per heavy atom. The molecule has 0 unspecified atom stereocenters. The van der Waals surface area contributed by atoms with Crippen molar-refractivity contribution in [1.82, 2.24) is 4.98 Å². The van der Waals surface area contributed by atoms with Crippen LogP contribution in [-0.4, -0.2) is 23.8 Å².